The highest BCUT2D eigenvalue weighted by atomic mass is 16.5. The Hall–Kier alpha value is -1.55. The van der Waals surface area contributed by atoms with Gasteiger partial charge in [0.15, 0.2) is 11.5 Å². The monoisotopic (exact) mass is 247 g/mol. The van der Waals surface area contributed by atoms with Crippen molar-refractivity contribution in [3.8, 4) is 11.5 Å². The molecule has 1 aromatic rings. The van der Waals surface area contributed by atoms with Crippen molar-refractivity contribution >= 4 is 5.78 Å². The summed E-state index contributed by atoms with van der Waals surface area (Å²) >= 11 is 0. The first-order valence-electron chi connectivity index (χ1n) is 6.26. The van der Waals surface area contributed by atoms with Gasteiger partial charge >= 0.3 is 0 Å². The van der Waals surface area contributed by atoms with Crippen molar-refractivity contribution in [1.29, 1.82) is 0 Å². The van der Waals surface area contributed by atoms with Gasteiger partial charge < -0.3 is 14.8 Å². The van der Waals surface area contributed by atoms with Gasteiger partial charge in [0.2, 0.25) is 0 Å². The number of benzene rings is 1. The van der Waals surface area contributed by atoms with Crippen LogP contribution in [0, 0.1) is 0 Å². The minimum absolute atomic E-state index is 0.0191. The lowest BCUT2D eigenvalue weighted by atomic mass is 9.81. The van der Waals surface area contributed by atoms with E-state index in [1.54, 1.807) is 14.2 Å². The Morgan fingerprint density at radius 2 is 1.89 bits per heavy atom. The zero-order valence-corrected chi connectivity index (χ0v) is 10.7. The van der Waals surface area contributed by atoms with Crippen molar-refractivity contribution in [2.24, 2.45) is 0 Å². The van der Waals surface area contributed by atoms with Gasteiger partial charge in [-0.2, -0.15) is 0 Å². The first-order chi connectivity index (χ1) is 8.72. The molecule has 4 nitrogen and oxygen atoms in total. The molecule has 96 valence electrons. The number of hydrogen-bond acceptors (Lipinski definition) is 4. The second-order valence-electron chi connectivity index (χ2n) is 4.89. The third-order valence-corrected chi connectivity index (χ3v) is 3.92. The van der Waals surface area contributed by atoms with Crippen LogP contribution in [0.15, 0.2) is 12.1 Å². The van der Waals surface area contributed by atoms with Crippen LogP contribution in [0.2, 0.25) is 0 Å². The predicted octanol–water partition coefficient (Wildman–Crippen LogP) is 1.62. The highest BCUT2D eigenvalue weighted by Crippen LogP contribution is 2.39. The quantitative estimate of drug-likeness (QED) is 0.862. The number of fused-ring (bicyclic) bond motifs is 4. The number of rotatable bonds is 2. The van der Waals surface area contributed by atoms with E-state index in [4.69, 9.17) is 9.47 Å². The van der Waals surface area contributed by atoms with Crippen molar-refractivity contribution in [2.75, 3.05) is 14.2 Å². The third kappa shape index (κ3) is 1.68. The van der Waals surface area contributed by atoms with E-state index < -0.39 is 0 Å². The Balaban J connectivity index is 2.06. The van der Waals surface area contributed by atoms with E-state index >= 15 is 0 Å². The van der Waals surface area contributed by atoms with E-state index in [0.29, 0.717) is 12.2 Å². The molecule has 18 heavy (non-hydrogen) atoms. The average molecular weight is 247 g/mol. The van der Waals surface area contributed by atoms with E-state index in [-0.39, 0.29) is 12.1 Å². The van der Waals surface area contributed by atoms with Crippen LogP contribution in [0.5, 0.6) is 11.5 Å². The molecule has 2 aliphatic rings. The molecule has 2 heterocycles. The normalized spacial score (nSPS) is 25.6. The maximum atomic E-state index is 11.8. The van der Waals surface area contributed by atoms with E-state index in [0.717, 1.165) is 24.3 Å². The Labute approximate surface area is 106 Å². The molecule has 1 fully saturated rings. The van der Waals surface area contributed by atoms with Crippen molar-refractivity contribution in [1.82, 2.24) is 5.32 Å². The van der Waals surface area contributed by atoms with Crippen LogP contribution < -0.4 is 14.8 Å². The zero-order valence-electron chi connectivity index (χ0n) is 10.7. The summed E-state index contributed by atoms with van der Waals surface area (Å²) in [7, 11) is 3.28. The number of Topliss-reactive ketones (excluding diaryl/α,β-unsaturated/α-hetero) is 1. The predicted molar refractivity (Wildman–Crippen MR) is 67.2 cm³/mol. The van der Waals surface area contributed by atoms with Crippen LogP contribution in [-0.2, 0) is 11.2 Å². The lowest BCUT2D eigenvalue weighted by Crippen LogP contribution is -2.48. The van der Waals surface area contributed by atoms with Gasteiger partial charge in [-0.25, -0.2) is 0 Å². The first-order valence-corrected chi connectivity index (χ1v) is 6.26. The molecule has 0 spiro atoms. The molecule has 0 amide bonds. The fourth-order valence-electron chi connectivity index (χ4n) is 2.96. The van der Waals surface area contributed by atoms with Crippen LogP contribution in [0.1, 0.15) is 30.0 Å². The number of nitrogens with one attached hydrogen (secondary N) is 1. The fourth-order valence-corrected chi connectivity index (χ4v) is 2.96. The average Bonchev–Trinajstić information content (AvgIpc) is 2.41. The summed E-state index contributed by atoms with van der Waals surface area (Å²) in [5.74, 6) is 1.82. The van der Waals surface area contributed by atoms with Crippen molar-refractivity contribution in [3.63, 3.8) is 0 Å². The minimum Gasteiger partial charge on any atom is -0.493 e. The summed E-state index contributed by atoms with van der Waals surface area (Å²) in [5, 5.41) is 3.40. The van der Waals surface area contributed by atoms with E-state index in [9.17, 15) is 4.79 Å². The van der Waals surface area contributed by atoms with Crippen LogP contribution in [0.4, 0.5) is 0 Å². The second-order valence-corrected chi connectivity index (χ2v) is 4.89. The Kier molecular flexibility index (Phi) is 2.74. The molecule has 4 heteroatoms. The number of piperidine rings is 1. The standard InChI is InChI=1S/C14H17NO3/c1-17-13-6-8-5-11-12(16)4-3-10(15-11)9(8)7-14(13)18-2/h6-7,10-11,15H,3-5H2,1-2H3. The zero-order chi connectivity index (χ0) is 12.7. The molecule has 3 rings (SSSR count). The van der Waals surface area contributed by atoms with Gasteiger partial charge in [-0.15, -0.1) is 0 Å². The maximum absolute atomic E-state index is 11.8. The molecule has 2 bridgehead atoms. The molecule has 2 aliphatic heterocycles. The smallest absolute Gasteiger partial charge is 0.161 e. The third-order valence-electron chi connectivity index (χ3n) is 3.92. The molecule has 0 aliphatic carbocycles. The Bertz CT molecular complexity index is 498. The summed E-state index contributed by atoms with van der Waals surface area (Å²) in [6.07, 6.45) is 2.30. The Morgan fingerprint density at radius 1 is 1.17 bits per heavy atom. The Morgan fingerprint density at radius 3 is 2.61 bits per heavy atom. The van der Waals surface area contributed by atoms with Gasteiger partial charge in [0.25, 0.3) is 0 Å². The highest BCUT2D eigenvalue weighted by molar-refractivity contribution is 5.86. The molecule has 2 unspecified atom stereocenters. The number of carbonyl (C=O) groups excluding carboxylic acids is 1. The van der Waals surface area contributed by atoms with Gasteiger partial charge in [0.05, 0.1) is 20.3 Å². The van der Waals surface area contributed by atoms with Crippen LogP contribution >= 0.6 is 0 Å². The molecule has 1 aromatic carbocycles. The highest BCUT2D eigenvalue weighted by Gasteiger charge is 2.35. The molecule has 1 N–H and O–H groups in total. The topological polar surface area (TPSA) is 47.6 Å². The number of carbonyl (C=O) groups is 1. The minimum atomic E-state index is -0.0191. The number of methoxy groups -OCH3 is 2. The number of hydrogen-bond donors (Lipinski definition) is 1. The van der Waals surface area contributed by atoms with Crippen molar-refractivity contribution in [3.05, 3.63) is 23.3 Å². The fraction of sp³-hybridized carbons (Fsp3) is 0.500. The summed E-state index contributed by atoms with van der Waals surface area (Å²) in [5.41, 5.74) is 2.45. The van der Waals surface area contributed by atoms with E-state index in [1.165, 1.54) is 11.1 Å². The van der Waals surface area contributed by atoms with Crippen LogP contribution in [0.3, 0.4) is 0 Å². The lowest BCUT2D eigenvalue weighted by Gasteiger charge is -2.37. The van der Waals surface area contributed by atoms with Gasteiger partial charge in [-0.05, 0) is 36.1 Å². The molecule has 1 saturated heterocycles. The summed E-state index contributed by atoms with van der Waals surface area (Å²) in [6, 6.07) is 4.30. The van der Waals surface area contributed by atoms with Crippen molar-refractivity contribution < 1.29 is 14.3 Å². The number of ether oxygens (including phenoxy) is 2. The van der Waals surface area contributed by atoms with E-state index in [2.05, 4.69) is 5.32 Å². The van der Waals surface area contributed by atoms with Gasteiger partial charge in [0.1, 0.15) is 5.78 Å². The SMILES string of the molecule is COc1cc2c(cc1OC)C1CCC(=O)C(C2)N1. The molecule has 0 aromatic heterocycles. The molecular formula is C14H17NO3. The molecular weight excluding hydrogens is 230 g/mol. The number of ketones is 1. The van der Waals surface area contributed by atoms with Crippen LogP contribution in [0.25, 0.3) is 0 Å². The van der Waals surface area contributed by atoms with Crippen molar-refractivity contribution in [2.45, 2.75) is 31.3 Å². The first kappa shape index (κ1) is 11.5. The lowest BCUT2D eigenvalue weighted by molar-refractivity contribution is -0.123. The van der Waals surface area contributed by atoms with Gasteiger partial charge in [-0.1, -0.05) is 0 Å². The second kappa shape index (κ2) is 4.28. The molecule has 0 radical (unpaired) electrons. The summed E-state index contributed by atoms with van der Waals surface area (Å²) in [4.78, 5) is 11.8. The largest absolute Gasteiger partial charge is 0.493 e. The molecule has 0 saturated carbocycles. The van der Waals surface area contributed by atoms with E-state index in [1.807, 2.05) is 12.1 Å². The van der Waals surface area contributed by atoms with Gasteiger partial charge in [0, 0.05) is 12.5 Å². The molecule has 2 atom stereocenters. The summed E-state index contributed by atoms with van der Waals surface area (Å²) in [6.45, 7) is 0. The van der Waals surface area contributed by atoms with Crippen LogP contribution in [-0.4, -0.2) is 26.0 Å². The van der Waals surface area contributed by atoms with Gasteiger partial charge in [-0.3, -0.25) is 4.79 Å². The maximum Gasteiger partial charge on any atom is 0.161 e. The summed E-state index contributed by atoms with van der Waals surface area (Å²) < 4.78 is 10.7.